The van der Waals surface area contributed by atoms with Crippen LogP contribution >= 0.6 is 0 Å². The maximum atomic E-state index is 12.6. The van der Waals surface area contributed by atoms with Gasteiger partial charge in [0.25, 0.3) is 0 Å². The van der Waals surface area contributed by atoms with Gasteiger partial charge in [0.05, 0.1) is 0 Å². The van der Waals surface area contributed by atoms with Crippen molar-refractivity contribution in [2.75, 3.05) is 32.7 Å². The summed E-state index contributed by atoms with van der Waals surface area (Å²) < 4.78 is 5.61. The Kier molecular flexibility index (Phi) is 8.04. The molecule has 1 fully saturated rings. The van der Waals surface area contributed by atoms with Gasteiger partial charge in [0, 0.05) is 50.5 Å². The highest BCUT2D eigenvalue weighted by Gasteiger charge is 2.22. The van der Waals surface area contributed by atoms with E-state index >= 15 is 0 Å². The number of aromatic nitrogens is 2. The van der Waals surface area contributed by atoms with Gasteiger partial charge in [-0.1, -0.05) is 24.3 Å². The number of aryl methyl sites for hydroxylation is 4. The number of hydrogen-bond acceptors (Lipinski definition) is 5. The Morgan fingerprint density at radius 1 is 0.909 bits per heavy atom. The molecule has 6 nitrogen and oxygen atoms in total. The quantitative estimate of drug-likeness (QED) is 0.518. The molecule has 0 unspecified atom stereocenters. The van der Waals surface area contributed by atoms with Crippen LogP contribution in [-0.2, 0) is 19.3 Å². The van der Waals surface area contributed by atoms with Crippen molar-refractivity contribution in [3.8, 4) is 5.75 Å². The summed E-state index contributed by atoms with van der Waals surface area (Å²) in [6, 6.07) is 16.0. The first-order valence-electron chi connectivity index (χ1n) is 11.7. The molecule has 1 aromatic carbocycles. The molecule has 1 amide bonds. The predicted molar refractivity (Wildman–Crippen MR) is 129 cm³/mol. The van der Waals surface area contributed by atoms with Gasteiger partial charge >= 0.3 is 6.09 Å². The van der Waals surface area contributed by atoms with Crippen LogP contribution in [0.2, 0.25) is 0 Å². The van der Waals surface area contributed by atoms with E-state index < -0.39 is 0 Å². The number of hydrogen-bond donors (Lipinski definition) is 0. The molecule has 0 spiro atoms. The minimum absolute atomic E-state index is 0.262. The lowest BCUT2D eigenvalue weighted by molar-refractivity contribution is 0.110. The number of benzene rings is 1. The lowest BCUT2D eigenvalue weighted by Crippen LogP contribution is -2.49. The third kappa shape index (κ3) is 6.86. The summed E-state index contributed by atoms with van der Waals surface area (Å²) in [7, 11) is 0. The van der Waals surface area contributed by atoms with Crippen LogP contribution in [0.1, 0.15) is 28.8 Å². The first-order valence-corrected chi connectivity index (χ1v) is 11.7. The van der Waals surface area contributed by atoms with Crippen molar-refractivity contribution in [1.29, 1.82) is 0 Å². The Bertz CT molecular complexity index is 1020. The molecule has 0 atom stereocenters. The molecule has 3 aromatic rings. The van der Waals surface area contributed by atoms with Crippen molar-refractivity contribution in [3.63, 3.8) is 0 Å². The van der Waals surface area contributed by atoms with Gasteiger partial charge in [-0.2, -0.15) is 0 Å². The normalized spacial score (nSPS) is 14.3. The van der Waals surface area contributed by atoms with Crippen LogP contribution in [0.4, 0.5) is 4.79 Å². The summed E-state index contributed by atoms with van der Waals surface area (Å²) in [5, 5.41) is 0. The van der Waals surface area contributed by atoms with E-state index in [1.54, 1.807) is 11.1 Å². The van der Waals surface area contributed by atoms with E-state index in [-0.39, 0.29) is 6.09 Å². The smallest absolute Gasteiger partial charge is 0.410 e. The number of pyridine rings is 2. The molecular formula is C27H32N4O2. The Morgan fingerprint density at radius 3 is 2.42 bits per heavy atom. The summed E-state index contributed by atoms with van der Waals surface area (Å²) in [4.78, 5) is 25.4. The highest BCUT2D eigenvalue weighted by Crippen LogP contribution is 2.16. The van der Waals surface area contributed by atoms with Gasteiger partial charge < -0.3 is 9.64 Å². The van der Waals surface area contributed by atoms with Gasteiger partial charge in [0.2, 0.25) is 0 Å². The summed E-state index contributed by atoms with van der Waals surface area (Å²) in [5.41, 5.74) is 4.83. The minimum atomic E-state index is -0.262. The molecule has 1 saturated heterocycles. The summed E-state index contributed by atoms with van der Waals surface area (Å²) in [5.74, 6) is 0.594. The zero-order valence-corrected chi connectivity index (χ0v) is 19.3. The van der Waals surface area contributed by atoms with E-state index in [4.69, 9.17) is 4.74 Å². The molecule has 1 aliphatic rings. The van der Waals surface area contributed by atoms with E-state index in [2.05, 4.69) is 33.9 Å². The van der Waals surface area contributed by atoms with E-state index in [9.17, 15) is 4.79 Å². The van der Waals surface area contributed by atoms with Gasteiger partial charge in [-0.15, -0.1) is 0 Å². The topological polar surface area (TPSA) is 58.6 Å². The summed E-state index contributed by atoms with van der Waals surface area (Å²) in [6.07, 6.45) is 9.26. The molecule has 0 aliphatic carbocycles. The monoisotopic (exact) mass is 444 g/mol. The van der Waals surface area contributed by atoms with Gasteiger partial charge in [-0.3, -0.25) is 14.9 Å². The Hall–Kier alpha value is -3.25. The second kappa shape index (κ2) is 11.6. The van der Waals surface area contributed by atoms with Gasteiger partial charge in [-0.05, 0) is 80.1 Å². The van der Waals surface area contributed by atoms with Gasteiger partial charge in [0.1, 0.15) is 5.75 Å². The fraction of sp³-hybridized carbons (Fsp3) is 0.370. The molecule has 0 radical (unpaired) electrons. The number of piperazine rings is 1. The molecule has 2 aromatic heterocycles. The van der Waals surface area contributed by atoms with Crippen molar-refractivity contribution in [1.82, 2.24) is 19.8 Å². The van der Waals surface area contributed by atoms with E-state index in [0.29, 0.717) is 18.8 Å². The van der Waals surface area contributed by atoms with Crippen LogP contribution in [0.3, 0.4) is 0 Å². The molecule has 3 heterocycles. The van der Waals surface area contributed by atoms with E-state index in [1.807, 2.05) is 48.8 Å². The lowest BCUT2D eigenvalue weighted by atomic mass is 10.1. The predicted octanol–water partition coefficient (Wildman–Crippen LogP) is 4.32. The highest BCUT2D eigenvalue weighted by molar-refractivity contribution is 5.70. The average Bonchev–Trinajstić information content (AvgIpc) is 2.85. The second-order valence-corrected chi connectivity index (χ2v) is 8.57. The van der Waals surface area contributed by atoms with Crippen molar-refractivity contribution in [3.05, 3.63) is 89.5 Å². The molecule has 0 bridgehead atoms. The molecule has 0 N–H and O–H groups in total. The van der Waals surface area contributed by atoms with Crippen molar-refractivity contribution >= 4 is 6.09 Å². The van der Waals surface area contributed by atoms with Crippen molar-refractivity contribution < 1.29 is 9.53 Å². The maximum Gasteiger partial charge on any atom is 0.415 e. The molecule has 0 saturated carbocycles. The van der Waals surface area contributed by atoms with Gasteiger partial charge in [-0.25, -0.2) is 4.79 Å². The highest BCUT2D eigenvalue weighted by atomic mass is 16.6. The average molecular weight is 445 g/mol. The van der Waals surface area contributed by atoms with Crippen LogP contribution in [0.15, 0.2) is 67.1 Å². The number of ether oxygens (including phenoxy) is 1. The lowest BCUT2D eigenvalue weighted by Gasteiger charge is -2.34. The third-order valence-electron chi connectivity index (χ3n) is 6.19. The summed E-state index contributed by atoms with van der Waals surface area (Å²) in [6.45, 7) is 6.30. The Balaban J connectivity index is 1.17. The molecule has 6 heteroatoms. The van der Waals surface area contributed by atoms with Crippen LogP contribution in [0, 0.1) is 6.92 Å². The molecule has 4 rings (SSSR count). The first-order chi connectivity index (χ1) is 16.2. The molecule has 172 valence electrons. The van der Waals surface area contributed by atoms with Gasteiger partial charge in [0.15, 0.2) is 0 Å². The van der Waals surface area contributed by atoms with E-state index in [0.717, 1.165) is 51.0 Å². The second-order valence-electron chi connectivity index (χ2n) is 8.57. The largest absolute Gasteiger partial charge is 0.415 e. The van der Waals surface area contributed by atoms with Crippen LogP contribution in [0.5, 0.6) is 5.75 Å². The van der Waals surface area contributed by atoms with Crippen molar-refractivity contribution in [2.24, 2.45) is 0 Å². The molecule has 33 heavy (non-hydrogen) atoms. The number of amides is 1. The standard InChI is InChI=1S/C27H32N4O2/c1-22-5-2-15-29-26(22)13-10-23-8-11-25(12-9-23)33-27(32)31-19-17-30(18-20-31)16-4-7-24-6-3-14-28-21-24/h2-3,5-6,8-9,11-12,14-15,21H,4,7,10,13,16-20H2,1H3. The SMILES string of the molecule is Cc1cccnc1CCc1ccc(OC(=O)N2CCN(CCCc3cccnc3)CC2)cc1. The van der Waals surface area contributed by atoms with Crippen LogP contribution < -0.4 is 4.74 Å². The van der Waals surface area contributed by atoms with Crippen molar-refractivity contribution in [2.45, 2.75) is 32.6 Å². The summed E-state index contributed by atoms with van der Waals surface area (Å²) >= 11 is 0. The molecular weight excluding hydrogens is 412 g/mol. The fourth-order valence-electron chi connectivity index (χ4n) is 4.14. The van der Waals surface area contributed by atoms with E-state index in [1.165, 1.54) is 16.7 Å². The van der Waals surface area contributed by atoms with Crippen LogP contribution in [-0.4, -0.2) is 58.6 Å². The first kappa shape index (κ1) is 22.9. The number of rotatable bonds is 8. The number of carbonyl (C=O) groups excluding carboxylic acids is 1. The minimum Gasteiger partial charge on any atom is -0.410 e. The third-order valence-corrected chi connectivity index (χ3v) is 6.19. The number of carbonyl (C=O) groups is 1. The Labute approximate surface area is 196 Å². The number of nitrogens with zero attached hydrogens (tertiary/aromatic N) is 4. The van der Waals surface area contributed by atoms with Crippen LogP contribution in [0.25, 0.3) is 0 Å². The maximum absolute atomic E-state index is 12.6. The fourth-order valence-corrected chi connectivity index (χ4v) is 4.14. The Morgan fingerprint density at radius 2 is 1.70 bits per heavy atom. The molecule has 1 aliphatic heterocycles. The zero-order chi connectivity index (χ0) is 22.9. The zero-order valence-electron chi connectivity index (χ0n) is 19.3.